The number of carbonyl (C=O) groups is 1. The molecule has 0 saturated heterocycles. The molecule has 0 radical (unpaired) electrons. The van der Waals surface area contributed by atoms with Crippen molar-refractivity contribution in [3.05, 3.63) is 63.1 Å². The highest BCUT2D eigenvalue weighted by Gasteiger charge is 2.17. The summed E-state index contributed by atoms with van der Waals surface area (Å²) in [5.74, 6) is -0.593. The number of hydrogen-bond acceptors (Lipinski definition) is 2. The van der Waals surface area contributed by atoms with E-state index in [1.807, 2.05) is 0 Å². The van der Waals surface area contributed by atoms with Crippen molar-refractivity contribution in [3.8, 4) is 16.9 Å². The Hall–Kier alpha value is -1.19. The van der Waals surface area contributed by atoms with Gasteiger partial charge in [-0.3, -0.25) is 0 Å². The number of ether oxygens (including phenoxy) is 1. The Bertz CT molecular complexity index is 726. The predicted octanol–water partition coefficient (Wildman–Crippen LogP) is 6.06. The summed E-state index contributed by atoms with van der Waals surface area (Å²) < 4.78 is 5.06. The van der Waals surface area contributed by atoms with Crippen molar-refractivity contribution in [3.63, 3.8) is 0 Å². The van der Waals surface area contributed by atoms with E-state index < -0.39 is 5.97 Å². The second-order valence-electron chi connectivity index (χ2n) is 3.99. The summed E-state index contributed by atoms with van der Waals surface area (Å²) in [5.41, 5.74) is 1.23. The van der Waals surface area contributed by atoms with E-state index in [-0.39, 0.29) is 15.8 Å². The second kappa shape index (κ2) is 6.71. The molecule has 0 bridgehead atoms. The van der Waals surface area contributed by atoms with Gasteiger partial charge < -0.3 is 4.74 Å². The quantitative estimate of drug-likeness (QED) is 0.377. The molecule has 2 aromatic carbocycles. The van der Waals surface area contributed by atoms with Crippen LogP contribution in [0.1, 0.15) is 0 Å². The lowest BCUT2D eigenvalue weighted by Gasteiger charge is -2.12. The Morgan fingerprint density at radius 1 is 1.00 bits per heavy atom. The molecule has 0 aromatic heterocycles. The van der Waals surface area contributed by atoms with E-state index in [4.69, 9.17) is 51.1 Å². The molecule has 21 heavy (non-hydrogen) atoms. The largest absolute Gasteiger partial charge is 0.420 e. The molecule has 0 spiro atoms. The van der Waals surface area contributed by atoms with Crippen molar-refractivity contribution in [2.75, 3.05) is 0 Å². The first-order chi connectivity index (χ1) is 9.93. The van der Waals surface area contributed by atoms with Crippen LogP contribution in [0.15, 0.2) is 43.0 Å². The molecule has 6 heteroatoms. The maximum absolute atomic E-state index is 11.3. The highest BCUT2D eigenvalue weighted by atomic mass is 35.5. The highest BCUT2D eigenvalue weighted by molar-refractivity contribution is 6.40. The fraction of sp³-hybridized carbons (Fsp3) is 0. The van der Waals surface area contributed by atoms with Crippen molar-refractivity contribution < 1.29 is 9.53 Å². The summed E-state index contributed by atoms with van der Waals surface area (Å²) in [6.07, 6.45) is 1.02. The molecule has 0 N–H and O–H groups in total. The minimum Gasteiger partial charge on any atom is -0.420 e. The van der Waals surface area contributed by atoms with Gasteiger partial charge in [0, 0.05) is 27.2 Å². The average Bonchev–Trinajstić information content (AvgIpc) is 2.44. The Kier molecular flexibility index (Phi) is 5.17. The molecule has 0 unspecified atom stereocenters. The van der Waals surface area contributed by atoms with Gasteiger partial charge in [0.1, 0.15) is 0 Å². The van der Waals surface area contributed by atoms with Crippen LogP contribution >= 0.6 is 46.4 Å². The van der Waals surface area contributed by atoms with Crippen LogP contribution in [0.25, 0.3) is 11.1 Å². The van der Waals surface area contributed by atoms with Gasteiger partial charge in [0.05, 0.1) is 10.0 Å². The standard InChI is InChI=1S/C15H8Cl4O2/c1-2-13(20)21-15-11(17)6-5-10(14(15)19)9-4-3-8(16)7-12(9)18/h2-7H,1H2. The van der Waals surface area contributed by atoms with E-state index in [2.05, 4.69) is 6.58 Å². The Labute approximate surface area is 141 Å². The van der Waals surface area contributed by atoms with E-state index in [9.17, 15) is 4.79 Å². The van der Waals surface area contributed by atoms with Crippen molar-refractivity contribution in [1.82, 2.24) is 0 Å². The van der Waals surface area contributed by atoms with Gasteiger partial charge >= 0.3 is 5.97 Å². The van der Waals surface area contributed by atoms with Gasteiger partial charge in [0.15, 0.2) is 5.75 Å². The average molecular weight is 362 g/mol. The molecule has 0 aliphatic carbocycles. The number of hydrogen-bond donors (Lipinski definition) is 0. The van der Waals surface area contributed by atoms with E-state index in [1.54, 1.807) is 30.3 Å². The number of halogens is 4. The summed E-state index contributed by atoms with van der Waals surface area (Å²) in [6.45, 7) is 3.32. The molecular formula is C15H8Cl4O2. The third-order valence-electron chi connectivity index (χ3n) is 2.64. The summed E-state index contributed by atoms with van der Waals surface area (Å²) in [7, 11) is 0. The van der Waals surface area contributed by atoms with Gasteiger partial charge in [-0.2, -0.15) is 0 Å². The van der Waals surface area contributed by atoms with Crippen LogP contribution in [0.5, 0.6) is 5.75 Å². The van der Waals surface area contributed by atoms with Crippen LogP contribution in [-0.4, -0.2) is 5.97 Å². The molecule has 2 aromatic rings. The number of rotatable bonds is 3. The van der Waals surface area contributed by atoms with Gasteiger partial charge in [0.25, 0.3) is 0 Å². The van der Waals surface area contributed by atoms with Gasteiger partial charge in [-0.15, -0.1) is 0 Å². The lowest BCUT2D eigenvalue weighted by Crippen LogP contribution is -2.04. The summed E-state index contributed by atoms with van der Waals surface area (Å²) >= 11 is 24.3. The van der Waals surface area contributed by atoms with Crippen LogP contribution in [0, 0.1) is 0 Å². The van der Waals surface area contributed by atoms with E-state index >= 15 is 0 Å². The number of benzene rings is 2. The van der Waals surface area contributed by atoms with Crippen molar-refractivity contribution in [2.24, 2.45) is 0 Å². The fourth-order valence-electron chi connectivity index (χ4n) is 1.68. The first kappa shape index (κ1) is 16.2. The van der Waals surface area contributed by atoms with Crippen LogP contribution < -0.4 is 4.74 Å². The molecule has 0 amide bonds. The third kappa shape index (κ3) is 3.53. The molecule has 0 atom stereocenters. The highest BCUT2D eigenvalue weighted by Crippen LogP contribution is 2.42. The maximum Gasteiger partial charge on any atom is 0.335 e. The third-order valence-corrected chi connectivity index (χ3v) is 3.86. The zero-order valence-corrected chi connectivity index (χ0v) is 13.5. The SMILES string of the molecule is C=CC(=O)Oc1c(Cl)ccc(-c2ccc(Cl)cc2Cl)c1Cl. The van der Waals surface area contributed by atoms with Gasteiger partial charge in [-0.05, 0) is 18.2 Å². The molecule has 2 nitrogen and oxygen atoms in total. The first-order valence-corrected chi connectivity index (χ1v) is 7.23. The summed E-state index contributed by atoms with van der Waals surface area (Å²) in [5, 5.41) is 1.32. The van der Waals surface area contributed by atoms with E-state index in [1.165, 1.54) is 0 Å². The number of carbonyl (C=O) groups excluding carboxylic acids is 1. The van der Waals surface area contributed by atoms with Crippen molar-refractivity contribution >= 4 is 52.4 Å². The zero-order valence-electron chi connectivity index (χ0n) is 10.5. The lowest BCUT2D eigenvalue weighted by atomic mass is 10.1. The number of esters is 1. The van der Waals surface area contributed by atoms with Crippen LogP contribution in [0.2, 0.25) is 20.1 Å². The molecule has 0 aliphatic heterocycles. The Morgan fingerprint density at radius 2 is 1.67 bits per heavy atom. The van der Waals surface area contributed by atoms with E-state index in [0.717, 1.165) is 6.08 Å². The minimum atomic E-state index is -0.654. The smallest absolute Gasteiger partial charge is 0.335 e. The van der Waals surface area contributed by atoms with Gasteiger partial charge in [-0.25, -0.2) is 4.79 Å². The normalized spacial score (nSPS) is 10.3. The van der Waals surface area contributed by atoms with Crippen molar-refractivity contribution in [1.29, 1.82) is 0 Å². The second-order valence-corrected chi connectivity index (χ2v) is 5.62. The fourth-order valence-corrected chi connectivity index (χ4v) is 2.74. The molecule has 0 aliphatic rings. The molecule has 0 saturated carbocycles. The molecule has 0 heterocycles. The van der Waals surface area contributed by atoms with Gasteiger partial charge in [-0.1, -0.05) is 65.1 Å². The Balaban J connectivity index is 2.58. The van der Waals surface area contributed by atoms with Crippen LogP contribution in [0.3, 0.4) is 0 Å². The predicted molar refractivity (Wildman–Crippen MR) is 87.8 cm³/mol. The first-order valence-electron chi connectivity index (χ1n) is 5.71. The monoisotopic (exact) mass is 360 g/mol. The zero-order chi connectivity index (χ0) is 15.6. The van der Waals surface area contributed by atoms with Crippen LogP contribution in [-0.2, 0) is 4.79 Å². The van der Waals surface area contributed by atoms with Crippen molar-refractivity contribution in [2.45, 2.75) is 0 Å². The lowest BCUT2D eigenvalue weighted by molar-refractivity contribution is -0.128. The molecule has 2 rings (SSSR count). The summed E-state index contributed by atoms with van der Waals surface area (Å²) in [4.78, 5) is 11.3. The molecule has 0 fully saturated rings. The Morgan fingerprint density at radius 3 is 2.29 bits per heavy atom. The van der Waals surface area contributed by atoms with E-state index in [0.29, 0.717) is 21.2 Å². The summed E-state index contributed by atoms with van der Waals surface area (Å²) in [6, 6.07) is 8.26. The minimum absolute atomic E-state index is 0.0618. The molecular weight excluding hydrogens is 354 g/mol. The topological polar surface area (TPSA) is 26.3 Å². The van der Waals surface area contributed by atoms with Gasteiger partial charge in [0.2, 0.25) is 0 Å². The maximum atomic E-state index is 11.3. The van der Waals surface area contributed by atoms with Crippen LogP contribution in [0.4, 0.5) is 0 Å². The molecule has 108 valence electrons.